The van der Waals surface area contributed by atoms with Crippen LogP contribution < -0.4 is 9.47 Å². The second-order valence-corrected chi connectivity index (χ2v) is 6.74. The minimum atomic E-state index is 0.184. The van der Waals surface area contributed by atoms with Crippen molar-refractivity contribution < 1.29 is 19.0 Å². The lowest BCUT2D eigenvalue weighted by molar-refractivity contribution is 0.407. The Morgan fingerprint density at radius 2 is 1.80 bits per heavy atom. The van der Waals surface area contributed by atoms with Crippen molar-refractivity contribution in [2.24, 2.45) is 0 Å². The first-order chi connectivity index (χ1) is 12.2. The van der Waals surface area contributed by atoms with Gasteiger partial charge in [-0.1, -0.05) is 0 Å². The van der Waals surface area contributed by atoms with Crippen molar-refractivity contribution in [3.8, 4) is 17.2 Å². The summed E-state index contributed by atoms with van der Waals surface area (Å²) in [5.41, 5.74) is 2.67. The summed E-state index contributed by atoms with van der Waals surface area (Å²) in [7, 11) is 3.22. The summed E-state index contributed by atoms with van der Waals surface area (Å²) in [5.74, 6) is 3.27. The van der Waals surface area contributed by atoms with Gasteiger partial charge in [-0.05, 0) is 36.4 Å². The van der Waals surface area contributed by atoms with Gasteiger partial charge in [-0.15, -0.1) is 11.8 Å². The number of hydrogen-bond donors (Lipinski definition) is 1. The highest BCUT2D eigenvalue weighted by Crippen LogP contribution is 2.44. The van der Waals surface area contributed by atoms with E-state index in [1.54, 1.807) is 32.0 Å². The molecule has 0 unspecified atom stereocenters. The van der Waals surface area contributed by atoms with Crippen LogP contribution in [0, 0.1) is 0 Å². The number of aromatic hydroxyl groups is 1. The predicted molar refractivity (Wildman–Crippen MR) is 101 cm³/mol. The van der Waals surface area contributed by atoms with Crippen LogP contribution in [0.4, 0.5) is 0 Å². The predicted octanol–water partition coefficient (Wildman–Crippen LogP) is 5.18. The highest BCUT2D eigenvalue weighted by atomic mass is 32.2. The van der Waals surface area contributed by atoms with E-state index in [9.17, 15) is 5.11 Å². The molecule has 4 nitrogen and oxygen atoms in total. The molecule has 0 fully saturated rings. The number of ether oxygens (including phenoxy) is 2. The van der Waals surface area contributed by atoms with Crippen LogP contribution in [0.1, 0.15) is 16.9 Å². The third-order valence-electron chi connectivity index (χ3n) is 4.19. The van der Waals surface area contributed by atoms with Crippen LogP contribution in [0.25, 0.3) is 22.0 Å². The Hall–Kier alpha value is -2.66. The number of phenolic OH excluding ortho intramolecular Hbond substituents is 1. The van der Waals surface area contributed by atoms with Gasteiger partial charge >= 0.3 is 11.3 Å². The van der Waals surface area contributed by atoms with Gasteiger partial charge in [0.1, 0.15) is 22.2 Å². The van der Waals surface area contributed by atoms with E-state index in [-0.39, 0.29) is 5.75 Å². The number of methoxy groups -OCH3 is 2. The SMILES string of the molecule is COc1ccc(/C=C2\SCc3cc4ccc(OC)cc4[o+]c32)c(O)c1. The minimum Gasteiger partial charge on any atom is -0.507 e. The van der Waals surface area contributed by atoms with E-state index in [0.717, 1.165) is 44.3 Å². The molecule has 1 aliphatic rings. The fourth-order valence-electron chi connectivity index (χ4n) is 2.84. The second-order valence-electron chi connectivity index (χ2n) is 5.73. The van der Waals surface area contributed by atoms with Crippen LogP contribution in [0.15, 0.2) is 46.9 Å². The van der Waals surface area contributed by atoms with Crippen LogP contribution >= 0.6 is 11.8 Å². The molecule has 1 aliphatic heterocycles. The van der Waals surface area contributed by atoms with Gasteiger partial charge in [-0.2, -0.15) is 0 Å². The number of thioether (sulfide) groups is 1. The van der Waals surface area contributed by atoms with Crippen molar-refractivity contribution in [3.63, 3.8) is 0 Å². The fraction of sp³-hybridized carbons (Fsp3) is 0.150. The molecule has 2 heterocycles. The van der Waals surface area contributed by atoms with Crippen molar-refractivity contribution in [2.75, 3.05) is 14.2 Å². The lowest BCUT2D eigenvalue weighted by atomic mass is 10.1. The van der Waals surface area contributed by atoms with Gasteiger partial charge < -0.3 is 14.6 Å². The Balaban J connectivity index is 1.79. The molecular weight excluding hydrogens is 336 g/mol. The van der Waals surface area contributed by atoms with Gasteiger partial charge in [0.05, 0.1) is 31.2 Å². The summed E-state index contributed by atoms with van der Waals surface area (Å²) in [6.45, 7) is 0. The number of phenols is 1. The molecule has 126 valence electrons. The maximum absolute atomic E-state index is 10.2. The summed E-state index contributed by atoms with van der Waals surface area (Å²) >= 11 is 1.70. The van der Waals surface area contributed by atoms with Gasteiger partial charge in [0, 0.05) is 17.4 Å². The zero-order chi connectivity index (χ0) is 17.4. The molecule has 0 atom stereocenters. The first-order valence-electron chi connectivity index (χ1n) is 7.83. The van der Waals surface area contributed by atoms with E-state index in [2.05, 4.69) is 6.07 Å². The van der Waals surface area contributed by atoms with Crippen molar-refractivity contribution >= 4 is 33.7 Å². The third-order valence-corrected chi connectivity index (χ3v) is 5.25. The first kappa shape index (κ1) is 15.8. The monoisotopic (exact) mass is 353 g/mol. The number of fused-ring (bicyclic) bond motifs is 2. The molecule has 5 heteroatoms. The molecule has 0 bridgehead atoms. The Morgan fingerprint density at radius 1 is 1.04 bits per heavy atom. The quantitative estimate of drug-likeness (QED) is 0.657. The highest BCUT2D eigenvalue weighted by molar-refractivity contribution is 8.08. The molecule has 0 amide bonds. The Kier molecular flexibility index (Phi) is 4.01. The Bertz CT molecular complexity index is 994. The van der Waals surface area contributed by atoms with Crippen molar-refractivity contribution in [1.82, 2.24) is 0 Å². The second kappa shape index (κ2) is 6.33. The van der Waals surface area contributed by atoms with Crippen LogP contribution in [0.5, 0.6) is 17.2 Å². The molecule has 2 aromatic carbocycles. The lowest BCUT2D eigenvalue weighted by Crippen LogP contribution is -1.86. The summed E-state index contributed by atoms with van der Waals surface area (Å²) in [5, 5.41) is 11.2. The van der Waals surface area contributed by atoms with E-state index in [1.807, 2.05) is 36.4 Å². The van der Waals surface area contributed by atoms with Crippen molar-refractivity contribution in [1.29, 1.82) is 0 Å². The molecule has 0 saturated carbocycles. The zero-order valence-electron chi connectivity index (χ0n) is 13.9. The molecule has 0 saturated heterocycles. The van der Waals surface area contributed by atoms with E-state index in [0.29, 0.717) is 5.75 Å². The standard InChI is InChI=1S/C20H16O4S/c1-22-15-5-3-12(17(21)9-15)8-19-20-14(11-25-19)7-13-4-6-16(23-2)10-18(13)24-20/h3-10H,11H2,1-2H3/p+1/b19-8-. The minimum absolute atomic E-state index is 0.184. The molecule has 0 radical (unpaired) electrons. The Morgan fingerprint density at radius 3 is 2.56 bits per heavy atom. The van der Waals surface area contributed by atoms with Crippen LogP contribution in [-0.2, 0) is 5.75 Å². The average molecular weight is 353 g/mol. The largest absolute Gasteiger partial charge is 0.507 e. The van der Waals surface area contributed by atoms with E-state index < -0.39 is 0 Å². The normalized spacial score (nSPS) is 14.7. The lowest BCUT2D eigenvalue weighted by Gasteiger charge is -2.03. The maximum Gasteiger partial charge on any atom is 0.371 e. The molecule has 25 heavy (non-hydrogen) atoms. The number of benzene rings is 2. The van der Waals surface area contributed by atoms with Crippen LogP contribution in [0.2, 0.25) is 0 Å². The van der Waals surface area contributed by atoms with E-state index in [1.165, 1.54) is 0 Å². The average Bonchev–Trinajstić information content (AvgIpc) is 3.02. The molecule has 1 aromatic heterocycles. The van der Waals surface area contributed by atoms with Crippen molar-refractivity contribution in [3.05, 3.63) is 59.4 Å². The first-order valence-corrected chi connectivity index (χ1v) is 8.82. The zero-order valence-corrected chi connectivity index (χ0v) is 14.7. The fourth-order valence-corrected chi connectivity index (χ4v) is 3.88. The smallest absolute Gasteiger partial charge is 0.371 e. The Labute approximate surface area is 149 Å². The summed E-state index contributed by atoms with van der Waals surface area (Å²) in [6, 6.07) is 13.2. The summed E-state index contributed by atoms with van der Waals surface area (Å²) in [6.07, 6.45) is 1.95. The van der Waals surface area contributed by atoms with Crippen LogP contribution in [-0.4, -0.2) is 19.3 Å². The van der Waals surface area contributed by atoms with Gasteiger partial charge in [-0.25, -0.2) is 4.42 Å². The van der Waals surface area contributed by atoms with Gasteiger partial charge in [0.2, 0.25) is 0 Å². The molecule has 4 rings (SSSR count). The van der Waals surface area contributed by atoms with Crippen molar-refractivity contribution in [2.45, 2.75) is 5.75 Å². The summed E-state index contributed by atoms with van der Waals surface area (Å²) in [4.78, 5) is 1.00. The molecule has 3 aromatic rings. The van der Waals surface area contributed by atoms with Gasteiger partial charge in [0.25, 0.3) is 0 Å². The maximum atomic E-state index is 10.2. The topological polar surface area (TPSA) is 50.0 Å². The van der Waals surface area contributed by atoms with Gasteiger partial charge in [0.15, 0.2) is 0 Å². The molecule has 0 aliphatic carbocycles. The molecule has 0 spiro atoms. The molecule has 1 N–H and O–H groups in total. The molecular formula is C20H17O4S+. The van der Waals surface area contributed by atoms with Gasteiger partial charge in [-0.3, -0.25) is 0 Å². The summed E-state index contributed by atoms with van der Waals surface area (Å²) < 4.78 is 16.5. The number of rotatable bonds is 3. The third kappa shape index (κ3) is 2.91. The van der Waals surface area contributed by atoms with E-state index >= 15 is 0 Å². The van der Waals surface area contributed by atoms with Crippen LogP contribution in [0.3, 0.4) is 0 Å². The van der Waals surface area contributed by atoms with E-state index in [4.69, 9.17) is 13.9 Å². The number of hydrogen-bond acceptors (Lipinski definition) is 4. The highest BCUT2D eigenvalue weighted by Gasteiger charge is 2.30.